The molecule has 2 N–H and O–H groups in total. The second-order valence-corrected chi connectivity index (χ2v) is 5.97. The van der Waals surface area contributed by atoms with Crippen LogP contribution in [0.5, 0.6) is 0 Å². The maximum absolute atomic E-state index is 11.8. The first kappa shape index (κ1) is 15.2. The van der Waals surface area contributed by atoms with Gasteiger partial charge in [-0.3, -0.25) is 4.79 Å². The highest BCUT2D eigenvalue weighted by atomic mass is 32.1. The second-order valence-electron chi connectivity index (χ2n) is 4.94. The summed E-state index contributed by atoms with van der Waals surface area (Å²) >= 11 is 1.56. The molecule has 0 aliphatic carbocycles. The summed E-state index contributed by atoms with van der Waals surface area (Å²) in [5.74, 6) is -0.200. The minimum absolute atomic E-state index is 0.167. The molecular weight excluding hydrogens is 308 g/mol. The highest BCUT2D eigenvalue weighted by Gasteiger charge is 2.07. The van der Waals surface area contributed by atoms with Crippen molar-refractivity contribution in [3.8, 4) is 0 Å². The Bertz CT molecular complexity index is 809. The van der Waals surface area contributed by atoms with Crippen LogP contribution in [0.4, 0.5) is 5.69 Å². The number of nitrogens with one attached hydrogen (secondary N) is 2. The van der Waals surface area contributed by atoms with E-state index in [9.17, 15) is 4.79 Å². The average molecular weight is 324 g/mol. The number of benzene rings is 2. The molecule has 0 fully saturated rings. The number of thiazole rings is 1. The van der Waals surface area contributed by atoms with Gasteiger partial charge in [-0.15, -0.1) is 11.3 Å². The van der Waals surface area contributed by atoms with Gasteiger partial charge < -0.3 is 5.32 Å². The zero-order valence-corrected chi connectivity index (χ0v) is 13.4. The standard InChI is InChI=1S/C17H16N4OS/c1-12(17-19-14-9-5-6-10-15(14)23-17)20-21-16(22)11-18-13-7-3-2-4-8-13/h2-10,18H,11H2,1H3,(H,21,22)/b20-12-. The van der Waals surface area contributed by atoms with E-state index in [0.29, 0.717) is 5.71 Å². The zero-order chi connectivity index (χ0) is 16.1. The lowest BCUT2D eigenvalue weighted by Gasteiger charge is -2.05. The number of hydrazone groups is 1. The van der Waals surface area contributed by atoms with E-state index in [1.165, 1.54) is 0 Å². The third kappa shape index (κ3) is 3.92. The molecule has 6 heteroatoms. The summed E-state index contributed by atoms with van der Waals surface area (Å²) in [5, 5.41) is 7.97. The van der Waals surface area contributed by atoms with Gasteiger partial charge >= 0.3 is 0 Å². The maximum atomic E-state index is 11.8. The number of amides is 1. The lowest BCUT2D eigenvalue weighted by atomic mass is 10.3. The third-order valence-electron chi connectivity index (χ3n) is 3.18. The number of fused-ring (bicyclic) bond motifs is 1. The van der Waals surface area contributed by atoms with Crippen LogP contribution in [0.15, 0.2) is 59.7 Å². The van der Waals surface area contributed by atoms with Gasteiger partial charge in [0, 0.05) is 5.69 Å². The van der Waals surface area contributed by atoms with Crippen LogP contribution in [0.1, 0.15) is 11.9 Å². The molecule has 0 aliphatic rings. The highest BCUT2D eigenvalue weighted by Crippen LogP contribution is 2.21. The van der Waals surface area contributed by atoms with Gasteiger partial charge in [0.15, 0.2) is 0 Å². The van der Waals surface area contributed by atoms with Crippen LogP contribution in [0, 0.1) is 0 Å². The molecule has 2 aromatic carbocycles. The molecule has 3 rings (SSSR count). The van der Waals surface area contributed by atoms with Crippen LogP contribution in [0.2, 0.25) is 0 Å². The van der Waals surface area contributed by atoms with Gasteiger partial charge in [-0.05, 0) is 31.2 Å². The van der Waals surface area contributed by atoms with Crippen molar-refractivity contribution in [2.45, 2.75) is 6.92 Å². The number of rotatable bonds is 5. The molecule has 0 aliphatic heterocycles. The Balaban J connectivity index is 1.59. The molecule has 1 heterocycles. The van der Waals surface area contributed by atoms with Gasteiger partial charge in [0.05, 0.1) is 22.5 Å². The van der Waals surface area contributed by atoms with Crippen LogP contribution >= 0.6 is 11.3 Å². The van der Waals surface area contributed by atoms with E-state index < -0.39 is 0 Å². The van der Waals surface area contributed by atoms with Gasteiger partial charge in [-0.1, -0.05) is 30.3 Å². The molecule has 0 spiro atoms. The van der Waals surface area contributed by atoms with Crippen LogP contribution in [0.3, 0.4) is 0 Å². The predicted octanol–water partition coefficient (Wildman–Crippen LogP) is 3.25. The Kier molecular flexibility index (Phi) is 4.63. The van der Waals surface area contributed by atoms with Crippen molar-refractivity contribution in [3.05, 3.63) is 59.6 Å². The Labute approximate surface area is 138 Å². The Morgan fingerprint density at radius 1 is 1.13 bits per heavy atom. The van der Waals surface area contributed by atoms with E-state index in [2.05, 4.69) is 20.8 Å². The Hall–Kier alpha value is -2.73. The SMILES string of the molecule is C/C(=N/NC(=O)CNc1ccccc1)c1nc2ccccc2s1. The lowest BCUT2D eigenvalue weighted by molar-refractivity contribution is -0.119. The van der Waals surface area contributed by atoms with E-state index >= 15 is 0 Å². The van der Waals surface area contributed by atoms with Crippen molar-refractivity contribution in [1.82, 2.24) is 10.4 Å². The van der Waals surface area contributed by atoms with E-state index in [-0.39, 0.29) is 12.5 Å². The maximum Gasteiger partial charge on any atom is 0.259 e. The minimum atomic E-state index is -0.200. The second kappa shape index (κ2) is 7.02. The number of nitrogens with zero attached hydrogens (tertiary/aromatic N) is 2. The fourth-order valence-corrected chi connectivity index (χ4v) is 2.91. The number of anilines is 1. The predicted molar refractivity (Wildman–Crippen MR) is 94.9 cm³/mol. The minimum Gasteiger partial charge on any atom is -0.376 e. The van der Waals surface area contributed by atoms with Crippen molar-refractivity contribution in [3.63, 3.8) is 0 Å². The zero-order valence-electron chi connectivity index (χ0n) is 12.6. The number of carbonyl (C=O) groups excluding carboxylic acids is 1. The summed E-state index contributed by atoms with van der Waals surface area (Å²) < 4.78 is 1.11. The Morgan fingerprint density at radius 2 is 1.87 bits per heavy atom. The van der Waals surface area contributed by atoms with E-state index in [0.717, 1.165) is 20.9 Å². The van der Waals surface area contributed by atoms with E-state index in [1.54, 1.807) is 11.3 Å². The summed E-state index contributed by atoms with van der Waals surface area (Å²) in [6.07, 6.45) is 0. The molecular formula is C17H16N4OS. The molecule has 3 aromatic rings. The van der Waals surface area contributed by atoms with Crippen molar-refractivity contribution in [1.29, 1.82) is 0 Å². The molecule has 23 heavy (non-hydrogen) atoms. The lowest BCUT2D eigenvalue weighted by Crippen LogP contribution is -2.26. The molecule has 0 radical (unpaired) electrons. The first-order chi connectivity index (χ1) is 11.2. The van der Waals surface area contributed by atoms with Gasteiger partial charge in [0.2, 0.25) is 0 Å². The van der Waals surface area contributed by atoms with E-state index in [1.807, 2.05) is 61.5 Å². The summed E-state index contributed by atoms with van der Waals surface area (Å²) in [7, 11) is 0. The fraction of sp³-hybridized carbons (Fsp3) is 0.118. The van der Waals surface area contributed by atoms with Gasteiger partial charge in [0.25, 0.3) is 5.91 Å². The smallest absolute Gasteiger partial charge is 0.259 e. The van der Waals surface area contributed by atoms with Crippen LogP contribution in [-0.4, -0.2) is 23.1 Å². The van der Waals surface area contributed by atoms with Crippen LogP contribution in [0.25, 0.3) is 10.2 Å². The van der Waals surface area contributed by atoms with Crippen molar-refractivity contribution >= 4 is 38.9 Å². The monoisotopic (exact) mass is 324 g/mol. The van der Waals surface area contributed by atoms with Crippen molar-refractivity contribution in [2.24, 2.45) is 5.10 Å². The third-order valence-corrected chi connectivity index (χ3v) is 4.32. The molecule has 1 aromatic heterocycles. The number of para-hydroxylation sites is 2. The molecule has 0 saturated heterocycles. The molecule has 0 saturated carbocycles. The Morgan fingerprint density at radius 3 is 2.65 bits per heavy atom. The number of hydrogen-bond acceptors (Lipinski definition) is 5. The largest absolute Gasteiger partial charge is 0.376 e. The van der Waals surface area contributed by atoms with Crippen LogP contribution < -0.4 is 10.7 Å². The molecule has 5 nitrogen and oxygen atoms in total. The molecule has 116 valence electrons. The van der Waals surface area contributed by atoms with Gasteiger partial charge in [-0.25, -0.2) is 10.4 Å². The van der Waals surface area contributed by atoms with Crippen molar-refractivity contribution < 1.29 is 4.79 Å². The van der Waals surface area contributed by atoms with Gasteiger partial charge in [-0.2, -0.15) is 5.10 Å². The summed E-state index contributed by atoms with van der Waals surface area (Å²) in [4.78, 5) is 16.3. The summed E-state index contributed by atoms with van der Waals surface area (Å²) in [6, 6.07) is 17.5. The first-order valence-electron chi connectivity index (χ1n) is 7.20. The average Bonchev–Trinajstić information content (AvgIpc) is 3.03. The first-order valence-corrected chi connectivity index (χ1v) is 8.02. The van der Waals surface area contributed by atoms with Crippen LogP contribution in [-0.2, 0) is 4.79 Å². The number of carbonyl (C=O) groups is 1. The van der Waals surface area contributed by atoms with E-state index in [4.69, 9.17) is 0 Å². The molecule has 0 atom stereocenters. The van der Waals surface area contributed by atoms with Crippen molar-refractivity contribution in [2.75, 3.05) is 11.9 Å². The fourth-order valence-electron chi connectivity index (χ4n) is 2.00. The summed E-state index contributed by atoms with van der Waals surface area (Å²) in [6.45, 7) is 2.00. The molecule has 0 bridgehead atoms. The molecule has 0 unspecified atom stereocenters. The highest BCUT2D eigenvalue weighted by molar-refractivity contribution is 7.20. The quantitative estimate of drug-likeness (QED) is 0.559. The number of hydrogen-bond donors (Lipinski definition) is 2. The molecule has 1 amide bonds. The number of aromatic nitrogens is 1. The normalized spacial score (nSPS) is 11.4. The topological polar surface area (TPSA) is 66.4 Å². The summed E-state index contributed by atoms with van der Waals surface area (Å²) in [5.41, 5.74) is 5.08. The van der Waals surface area contributed by atoms with Gasteiger partial charge in [0.1, 0.15) is 5.01 Å².